The topological polar surface area (TPSA) is 49.7 Å². The van der Waals surface area contributed by atoms with Gasteiger partial charge in [-0.15, -0.1) is 0 Å². The van der Waals surface area contributed by atoms with Crippen LogP contribution in [0.5, 0.6) is 5.75 Å². The second-order valence-corrected chi connectivity index (χ2v) is 4.47. The Balaban J connectivity index is 2.99. The van der Waals surface area contributed by atoms with Crippen LogP contribution in [0.4, 0.5) is 0 Å². The number of carbonyl (C=O) groups excluding carboxylic acids is 1. The van der Waals surface area contributed by atoms with E-state index >= 15 is 0 Å². The maximum atomic E-state index is 11.7. The number of hydrogen-bond acceptors (Lipinski definition) is 2. The molecule has 0 radical (unpaired) electrons. The second-order valence-electron chi connectivity index (χ2n) is 4.47. The van der Waals surface area contributed by atoms with Crippen molar-refractivity contribution < 1.29 is 9.90 Å². The minimum atomic E-state index is -0.738. The Morgan fingerprint density at radius 3 is 2.67 bits per heavy atom. The summed E-state index contributed by atoms with van der Waals surface area (Å²) in [6.07, 6.45) is 0. The molecule has 1 amide bonds. The van der Waals surface area contributed by atoms with Gasteiger partial charge >= 0.3 is 0 Å². The van der Waals surface area contributed by atoms with Gasteiger partial charge in [0, 0.05) is 5.56 Å². The predicted octanol–water partition coefficient (Wildman–Crippen LogP) is 0.548. The summed E-state index contributed by atoms with van der Waals surface area (Å²) in [6, 6.07) is 1.74. The highest BCUT2D eigenvalue weighted by Crippen LogP contribution is 2.33. The molecule has 0 saturated heterocycles. The van der Waals surface area contributed by atoms with Gasteiger partial charge in [0.1, 0.15) is 5.75 Å². The maximum Gasteiger partial charge on any atom is 0.256 e. The molecule has 1 aromatic rings. The third kappa shape index (κ3) is 1.12. The summed E-state index contributed by atoms with van der Waals surface area (Å²) < 4.78 is 0. The molecule has 0 fully saturated rings. The van der Waals surface area contributed by atoms with Crippen LogP contribution in [0.15, 0.2) is 11.1 Å². The fourth-order valence-corrected chi connectivity index (χ4v) is 1.94. The minimum absolute atomic E-state index is 0.164. The molecule has 78 valence electrons. The van der Waals surface area contributed by atoms with Crippen molar-refractivity contribution in [2.24, 2.45) is 4.99 Å². The van der Waals surface area contributed by atoms with Gasteiger partial charge in [0.25, 0.3) is 5.91 Å². The minimum Gasteiger partial charge on any atom is -0.507 e. The molecule has 0 saturated carbocycles. The monoisotopic (exact) mass is 203 g/mol. The first-order valence-corrected chi connectivity index (χ1v) is 4.81. The Morgan fingerprint density at radius 2 is 2.07 bits per heavy atom. The number of benzene rings is 1. The molecule has 15 heavy (non-hydrogen) atoms. The van der Waals surface area contributed by atoms with Crippen molar-refractivity contribution in [1.29, 1.82) is 0 Å². The van der Waals surface area contributed by atoms with Gasteiger partial charge in [-0.05, 0) is 37.6 Å². The van der Waals surface area contributed by atoms with Crippen LogP contribution in [-0.4, -0.2) is 11.0 Å². The van der Waals surface area contributed by atoms with Crippen molar-refractivity contribution in [3.63, 3.8) is 0 Å². The molecule has 0 unspecified atom stereocenters. The molecule has 0 spiro atoms. The lowest BCUT2D eigenvalue weighted by Crippen LogP contribution is -2.31. The first kappa shape index (κ1) is 9.90. The van der Waals surface area contributed by atoms with E-state index in [9.17, 15) is 9.90 Å². The summed E-state index contributed by atoms with van der Waals surface area (Å²) in [7, 11) is 0. The summed E-state index contributed by atoms with van der Waals surface area (Å²) in [6.45, 7) is 9.17. The zero-order valence-electron chi connectivity index (χ0n) is 9.09. The summed E-state index contributed by atoms with van der Waals surface area (Å²) in [5.74, 6) is -0.0553. The molecule has 0 aliphatic carbocycles. The van der Waals surface area contributed by atoms with Crippen LogP contribution in [0.25, 0.3) is 6.58 Å². The van der Waals surface area contributed by atoms with Crippen molar-refractivity contribution in [1.82, 2.24) is 0 Å². The zero-order valence-corrected chi connectivity index (χ0v) is 9.09. The van der Waals surface area contributed by atoms with Crippen molar-refractivity contribution in [3.8, 4) is 5.75 Å². The SMILES string of the molecule is C=c1cc(C)c(O)c2c1=NC(=O)C2(C)C. The molecule has 0 atom stereocenters. The molecule has 0 aromatic heterocycles. The number of amides is 1. The molecular weight excluding hydrogens is 190 g/mol. The molecular formula is C12H13NO2. The van der Waals surface area contributed by atoms with Crippen LogP contribution in [0.2, 0.25) is 0 Å². The first-order valence-electron chi connectivity index (χ1n) is 4.81. The molecule has 1 aliphatic rings. The molecule has 1 aromatic carbocycles. The van der Waals surface area contributed by atoms with Gasteiger partial charge in [0.05, 0.1) is 10.8 Å². The van der Waals surface area contributed by atoms with E-state index in [0.717, 1.165) is 5.56 Å². The molecule has 2 rings (SSSR count). The molecule has 1 N–H and O–H groups in total. The third-order valence-electron chi connectivity index (χ3n) is 2.92. The summed E-state index contributed by atoms with van der Waals surface area (Å²) in [5.41, 5.74) is 0.604. The van der Waals surface area contributed by atoms with E-state index in [1.54, 1.807) is 26.8 Å². The molecule has 3 heteroatoms. The highest BCUT2D eigenvalue weighted by atomic mass is 16.3. The fourth-order valence-electron chi connectivity index (χ4n) is 1.94. The maximum absolute atomic E-state index is 11.7. The lowest BCUT2D eigenvalue weighted by molar-refractivity contribution is -0.121. The molecule has 1 heterocycles. The average molecular weight is 203 g/mol. The number of phenols is 1. The number of fused-ring (bicyclic) bond motifs is 1. The van der Waals surface area contributed by atoms with Crippen LogP contribution in [-0.2, 0) is 10.2 Å². The third-order valence-corrected chi connectivity index (χ3v) is 2.92. The number of phenolic OH excluding ortho intramolecular Hbond substituents is 1. The number of aromatic hydroxyl groups is 1. The van der Waals surface area contributed by atoms with Crippen molar-refractivity contribution in [2.45, 2.75) is 26.2 Å². The van der Waals surface area contributed by atoms with Gasteiger partial charge in [0.15, 0.2) is 0 Å². The Morgan fingerprint density at radius 1 is 1.47 bits per heavy atom. The molecule has 0 bridgehead atoms. The van der Waals surface area contributed by atoms with E-state index in [1.807, 2.05) is 0 Å². The van der Waals surface area contributed by atoms with Crippen LogP contribution >= 0.6 is 0 Å². The first-order chi connectivity index (χ1) is 6.85. The van der Waals surface area contributed by atoms with Crippen molar-refractivity contribution in [2.75, 3.05) is 0 Å². The Labute approximate surface area is 87.8 Å². The van der Waals surface area contributed by atoms with Crippen LogP contribution in [0, 0.1) is 6.92 Å². The van der Waals surface area contributed by atoms with E-state index in [2.05, 4.69) is 11.6 Å². The van der Waals surface area contributed by atoms with E-state index in [0.29, 0.717) is 16.1 Å². The van der Waals surface area contributed by atoms with Crippen LogP contribution < -0.4 is 10.6 Å². The standard InChI is InChI=1S/C12H13NO2/c1-6-5-7(2)10(14)8-9(6)13-11(15)12(8,3)4/h5,14H,1H2,2-4H3. The second kappa shape index (κ2) is 2.69. The molecule has 1 aliphatic heterocycles. The van der Waals surface area contributed by atoms with Gasteiger partial charge in [0.2, 0.25) is 0 Å². The lowest BCUT2D eigenvalue weighted by atomic mass is 9.84. The van der Waals surface area contributed by atoms with E-state index < -0.39 is 5.41 Å². The highest BCUT2D eigenvalue weighted by Gasteiger charge is 2.38. The van der Waals surface area contributed by atoms with E-state index in [-0.39, 0.29) is 11.7 Å². The fraction of sp³-hybridized carbons (Fsp3) is 0.333. The quantitative estimate of drug-likeness (QED) is 0.669. The van der Waals surface area contributed by atoms with Gasteiger partial charge in [-0.3, -0.25) is 4.79 Å². The Hall–Kier alpha value is -1.64. The number of hydrogen-bond donors (Lipinski definition) is 1. The predicted molar refractivity (Wildman–Crippen MR) is 57.2 cm³/mol. The van der Waals surface area contributed by atoms with Crippen LogP contribution in [0.3, 0.4) is 0 Å². The van der Waals surface area contributed by atoms with Gasteiger partial charge < -0.3 is 5.11 Å². The summed E-state index contributed by atoms with van der Waals surface area (Å²) in [5, 5.41) is 11.2. The van der Waals surface area contributed by atoms with E-state index in [4.69, 9.17) is 0 Å². The zero-order chi connectivity index (χ0) is 11.4. The largest absolute Gasteiger partial charge is 0.507 e. The van der Waals surface area contributed by atoms with Crippen molar-refractivity contribution in [3.05, 3.63) is 27.8 Å². The smallest absolute Gasteiger partial charge is 0.256 e. The summed E-state index contributed by atoms with van der Waals surface area (Å²) in [4.78, 5) is 15.6. The highest BCUT2D eigenvalue weighted by molar-refractivity contribution is 5.91. The summed E-state index contributed by atoms with van der Waals surface area (Å²) >= 11 is 0. The lowest BCUT2D eigenvalue weighted by Gasteiger charge is -2.17. The molecule has 3 nitrogen and oxygen atoms in total. The number of carbonyl (C=O) groups is 1. The van der Waals surface area contributed by atoms with Gasteiger partial charge in [-0.25, -0.2) is 4.99 Å². The van der Waals surface area contributed by atoms with Gasteiger partial charge in [-0.1, -0.05) is 6.58 Å². The van der Waals surface area contributed by atoms with Crippen molar-refractivity contribution >= 4 is 12.5 Å². The Bertz CT molecular complexity index is 570. The van der Waals surface area contributed by atoms with E-state index in [1.165, 1.54) is 0 Å². The average Bonchev–Trinajstić information content (AvgIpc) is 2.36. The Kier molecular flexibility index (Phi) is 1.77. The number of aryl methyl sites for hydroxylation is 1. The van der Waals surface area contributed by atoms with Crippen LogP contribution in [0.1, 0.15) is 25.0 Å². The number of rotatable bonds is 0. The normalized spacial score (nSPS) is 17.4. The number of nitrogens with zero attached hydrogens (tertiary/aromatic N) is 1. The van der Waals surface area contributed by atoms with Gasteiger partial charge in [-0.2, -0.15) is 0 Å².